The third-order valence-electron chi connectivity index (χ3n) is 1.70. The third-order valence-corrected chi connectivity index (χ3v) is 2.33. The normalized spacial score (nSPS) is 14.9. The Labute approximate surface area is 102 Å². The molecule has 0 fully saturated rings. The average molecular weight is 310 g/mol. The van der Waals surface area contributed by atoms with Crippen molar-refractivity contribution >= 4 is 22.6 Å². The summed E-state index contributed by atoms with van der Waals surface area (Å²) in [7, 11) is 0. The minimum Gasteiger partial charge on any atom is -0.369 e. The van der Waals surface area contributed by atoms with Gasteiger partial charge in [0.1, 0.15) is 0 Å². The molecule has 0 aliphatic rings. The van der Waals surface area contributed by atoms with Gasteiger partial charge in [0.15, 0.2) is 0 Å². The van der Waals surface area contributed by atoms with Gasteiger partial charge in [-0.15, -0.1) is 0 Å². The summed E-state index contributed by atoms with van der Waals surface area (Å²) in [6.07, 6.45) is 8.22. The van der Waals surface area contributed by atoms with Crippen LogP contribution in [0.3, 0.4) is 0 Å². The number of alkyl halides is 1. The van der Waals surface area contributed by atoms with Gasteiger partial charge in [-0.05, 0) is 33.6 Å². The molecular weight excluding hydrogens is 287 g/mol. The number of hydrogen-bond donors (Lipinski definition) is 0. The van der Waals surface area contributed by atoms with E-state index in [-0.39, 0.29) is 5.60 Å². The lowest BCUT2D eigenvalue weighted by Crippen LogP contribution is -2.26. The van der Waals surface area contributed by atoms with Crippen LogP contribution in [-0.2, 0) is 4.74 Å². The maximum atomic E-state index is 5.93. The van der Waals surface area contributed by atoms with Crippen molar-refractivity contribution in [3.63, 3.8) is 0 Å². The van der Waals surface area contributed by atoms with Gasteiger partial charge in [-0.3, -0.25) is 0 Å². The van der Waals surface area contributed by atoms with E-state index >= 15 is 0 Å². The molecule has 0 aromatic heterocycles. The maximum Gasteiger partial charge on any atom is 0.0770 e. The van der Waals surface area contributed by atoms with Crippen LogP contribution in [0.25, 0.3) is 0 Å². The van der Waals surface area contributed by atoms with E-state index in [0.717, 1.165) is 17.3 Å². The molecule has 2 heteroatoms. The predicted molar refractivity (Wildman–Crippen MR) is 72.2 cm³/mol. The number of halogens is 1. The van der Waals surface area contributed by atoms with Crippen molar-refractivity contribution < 1.29 is 4.74 Å². The smallest absolute Gasteiger partial charge is 0.0770 e. The van der Waals surface area contributed by atoms with Crippen molar-refractivity contribution in [2.75, 3.05) is 4.43 Å². The van der Waals surface area contributed by atoms with Gasteiger partial charge < -0.3 is 4.74 Å². The Morgan fingerprint density at radius 2 is 2.00 bits per heavy atom. The molecule has 0 aliphatic heterocycles. The van der Waals surface area contributed by atoms with Crippen molar-refractivity contribution in [1.29, 1.82) is 0 Å². The first-order valence-electron chi connectivity index (χ1n) is 5.40. The van der Waals surface area contributed by atoms with Gasteiger partial charge in [0.2, 0.25) is 0 Å². The zero-order valence-electron chi connectivity index (χ0n) is 9.85. The molecule has 0 amide bonds. The van der Waals surface area contributed by atoms with E-state index < -0.39 is 0 Å². The van der Waals surface area contributed by atoms with E-state index in [0.29, 0.717) is 6.10 Å². The van der Waals surface area contributed by atoms with Crippen LogP contribution in [0.15, 0.2) is 12.2 Å². The van der Waals surface area contributed by atoms with Crippen LogP contribution in [0.2, 0.25) is 0 Å². The predicted octanol–water partition coefficient (Wildman–Crippen LogP) is 4.35. The first-order valence-corrected chi connectivity index (χ1v) is 6.92. The molecule has 1 atom stereocenters. The van der Waals surface area contributed by atoms with Crippen molar-refractivity contribution in [2.45, 2.75) is 58.7 Å². The standard InChI is InChI=1S/C12H23IO/c1-5-6-7-8-11(9-10-13)14-12(2,3)4/h7-8,11H,5-6,9-10H2,1-4H3/b8-7-. The fraction of sp³-hybridized carbons (Fsp3) is 0.833. The van der Waals surface area contributed by atoms with Gasteiger partial charge in [0.25, 0.3) is 0 Å². The Bertz CT molecular complexity index is 158. The summed E-state index contributed by atoms with van der Waals surface area (Å²) in [4.78, 5) is 0. The van der Waals surface area contributed by atoms with Gasteiger partial charge >= 0.3 is 0 Å². The Hall–Kier alpha value is 0.430. The molecule has 0 radical (unpaired) electrons. The van der Waals surface area contributed by atoms with E-state index in [9.17, 15) is 0 Å². The molecule has 84 valence electrons. The summed E-state index contributed by atoms with van der Waals surface area (Å²) >= 11 is 2.40. The average Bonchev–Trinajstić information content (AvgIpc) is 2.02. The van der Waals surface area contributed by atoms with E-state index in [1.54, 1.807) is 0 Å². The van der Waals surface area contributed by atoms with Gasteiger partial charge in [-0.2, -0.15) is 0 Å². The number of allylic oxidation sites excluding steroid dienone is 1. The van der Waals surface area contributed by atoms with Crippen molar-refractivity contribution in [3.05, 3.63) is 12.2 Å². The second-order valence-corrected chi connectivity index (χ2v) is 5.54. The number of unbranched alkanes of at least 4 members (excludes halogenated alkanes) is 1. The number of ether oxygens (including phenoxy) is 1. The minimum atomic E-state index is -0.0347. The monoisotopic (exact) mass is 310 g/mol. The van der Waals surface area contributed by atoms with Crippen LogP contribution in [0, 0.1) is 0 Å². The van der Waals surface area contributed by atoms with Gasteiger partial charge in [0, 0.05) is 4.43 Å². The summed E-state index contributed by atoms with van der Waals surface area (Å²) in [5.74, 6) is 0. The van der Waals surface area contributed by atoms with Gasteiger partial charge in [0.05, 0.1) is 11.7 Å². The maximum absolute atomic E-state index is 5.93. The van der Waals surface area contributed by atoms with E-state index in [2.05, 4.69) is 62.4 Å². The summed E-state index contributed by atoms with van der Waals surface area (Å²) < 4.78 is 7.08. The molecule has 14 heavy (non-hydrogen) atoms. The highest BCUT2D eigenvalue weighted by Crippen LogP contribution is 2.15. The lowest BCUT2D eigenvalue weighted by Gasteiger charge is -2.25. The zero-order valence-corrected chi connectivity index (χ0v) is 12.0. The fourth-order valence-corrected chi connectivity index (χ4v) is 1.78. The van der Waals surface area contributed by atoms with Gasteiger partial charge in [-0.25, -0.2) is 0 Å². The molecule has 0 aromatic carbocycles. The highest BCUT2D eigenvalue weighted by atomic mass is 127. The highest BCUT2D eigenvalue weighted by molar-refractivity contribution is 14.1. The summed E-state index contributed by atoms with van der Waals surface area (Å²) in [6.45, 7) is 8.53. The quantitative estimate of drug-likeness (QED) is 0.402. The Morgan fingerprint density at radius 1 is 1.36 bits per heavy atom. The minimum absolute atomic E-state index is 0.0347. The second-order valence-electron chi connectivity index (χ2n) is 4.46. The molecule has 0 bridgehead atoms. The van der Waals surface area contributed by atoms with Gasteiger partial charge in [-0.1, -0.05) is 48.1 Å². The van der Waals surface area contributed by atoms with Crippen LogP contribution in [-0.4, -0.2) is 16.1 Å². The number of hydrogen-bond acceptors (Lipinski definition) is 1. The molecule has 1 nitrogen and oxygen atoms in total. The number of rotatable bonds is 6. The van der Waals surface area contributed by atoms with E-state index in [1.807, 2.05) is 0 Å². The molecule has 0 aliphatic carbocycles. The Balaban J connectivity index is 4.01. The zero-order chi connectivity index (χ0) is 11.0. The SMILES string of the molecule is CCC/C=C\C(CCI)OC(C)(C)C. The van der Waals surface area contributed by atoms with Crippen molar-refractivity contribution in [3.8, 4) is 0 Å². The summed E-state index contributed by atoms with van der Waals surface area (Å²) in [5, 5.41) is 0. The first-order chi connectivity index (χ1) is 6.49. The lowest BCUT2D eigenvalue weighted by molar-refractivity contribution is -0.0384. The molecule has 0 heterocycles. The summed E-state index contributed by atoms with van der Waals surface area (Å²) in [5.41, 5.74) is -0.0347. The topological polar surface area (TPSA) is 9.23 Å². The second kappa shape index (κ2) is 7.69. The van der Waals surface area contributed by atoms with Crippen molar-refractivity contribution in [1.82, 2.24) is 0 Å². The highest BCUT2D eigenvalue weighted by Gasteiger charge is 2.15. The fourth-order valence-electron chi connectivity index (χ4n) is 1.17. The Kier molecular flexibility index (Phi) is 7.92. The first kappa shape index (κ1) is 14.4. The van der Waals surface area contributed by atoms with E-state index in [1.165, 1.54) is 6.42 Å². The van der Waals surface area contributed by atoms with Crippen LogP contribution >= 0.6 is 22.6 Å². The molecule has 1 unspecified atom stereocenters. The van der Waals surface area contributed by atoms with Crippen LogP contribution in [0.4, 0.5) is 0 Å². The molecule has 0 spiro atoms. The molecule has 0 saturated carbocycles. The molecule has 0 aromatic rings. The molecular formula is C12H23IO. The molecule has 0 N–H and O–H groups in total. The third kappa shape index (κ3) is 9.00. The largest absolute Gasteiger partial charge is 0.369 e. The lowest BCUT2D eigenvalue weighted by atomic mass is 10.1. The molecule has 0 saturated heterocycles. The summed E-state index contributed by atoms with van der Waals surface area (Å²) in [6, 6.07) is 0. The van der Waals surface area contributed by atoms with Crippen LogP contribution < -0.4 is 0 Å². The van der Waals surface area contributed by atoms with Crippen molar-refractivity contribution in [2.24, 2.45) is 0 Å². The van der Waals surface area contributed by atoms with E-state index in [4.69, 9.17) is 4.74 Å². The van der Waals surface area contributed by atoms with Crippen LogP contribution in [0.1, 0.15) is 47.0 Å². The molecule has 0 rings (SSSR count). The van der Waals surface area contributed by atoms with Crippen LogP contribution in [0.5, 0.6) is 0 Å². The Morgan fingerprint density at radius 3 is 2.43 bits per heavy atom.